The third-order valence-electron chi connectivity index (χ3n) is 5.82. The zero-order valence-corrected chi connectivity index (χ0v) is 13.5. The second-order valence-electron chi connectivity index (χ2n) is 6.92. The Bertz CT molecular complexity index is 459. The van der Waals surface area contributed by atoms with Gasteiger partial charge in [0.05, 0.1) is 7.11 Å². The smallest absolute Gasteiger partial charge is 0.119 e. The number of benzene rings is 1. The molecule has 1 N–H and O–H groups in total. The quantitative estimate of drug-likeness (QED) is 0.876. The number of rotatable bonds is 4. The number of hydrogen-bond acceptors (Lipinski definition) is 2. The minimum atomic E-state index is 0.475. The van der Waals surface area contributed by atoms with E-state index in [-0.39, 0.29) is 0 Å². The molecule has 4 unspecified atom stereocenters. The molecule has 2 saturated carbocycles. The predicted octanol–water partition coefficient (Wildman–Crippen LogP) is 4.56. The Morgan fingerprint density at radius 1 is 1.10 bits per heavy atom. The van der Waals surface area contributed by atoms with Gasteiger partial charge in [0.25, 0.3) is 0 Å². The van der Waals surface area contributed by atoms with E-state index in [0.717, 1.165) is 23.5 Å². The van der Waals surface area contributed by atoms with Crippen LogP contribution in [0.2, 0.25) is 0 Å². The normalized spacial score (nSPS) is 30.5. The van der Waals surface area contributed by atoms with Gasteiger partial charge in [-0.15, -0.1) is 0 Å². The summed E-state index contributed by atoms with van der Waals surface area (Å²) >= 11 is 0. The highest BCUT2D eigenvalue weighted by molar-refractivity contribution is 5.31. The molecular formula is C19H29NO. The summed E-state index contributed by atoms with van der Waals surface area (Å²) < 4.78 is 5.39. The van der Waals surface area contributed by atoms with Gasteiger partial charge in [0.1, 0.15) is 5.75 Å². The summed E-state index contributed by atoms with van der Waals surface area (Å²) in [6, 6.07) is 9.08. The number of ether oxygens (including phenoxy) is 1. The molecule has 3 rings (SSSR count). The lowest BCUT2D eigenvalue weighted by molar-refractivity contribution is 0.111. The highest BCUT2D eigenvalue weighted by Gasteiger charge is 2.35. The summed E-state index contributed by atoms with van der Waals surface area (Å²) in [6.45, 7) is 0. The number of hydrogen-bond donors (Lipinski definition) is 1. The first-order valence-electron chi connectivity index (χ1n) is 8.63. The van der Waals surface area contributed by atoms with Crippen LogP contribution in [-0.4, -0.2) is 14.2 Å². The topological polar surface area (TPSA) is 21.3 Å². The molecule has 2 nitrogen and oxygen atoms in total. The Labute approximate surface area is 129 Å². The average Bonchev–Trinajstić information content (AvgIpc) is 2.56. The number of nitrogens with one attached hydrogen (secondary N) is 1. The van der Waals surface area contributed by atoms with Crippen LogP contribution in [0.5, 0.6) is 5.75 Å². The van der Waals surface area contributed by atoms with Crippen LogP contribution in [0.3, 0.4) is 0 Å². The molecule has 0 aromatic heterocycles. The number of fused-ring (bicyclic) bond motifs is 1. The molecule has 0 radical (unpaired) electrons. The van der Waals surface area contributed by atoms with Crippen molar-refractivity contribution in [2.45, 2.75) is 51.0 Å². The van der Waals surface area contributed by atoms with E-state index in [4.69, 9.17) is 4.74 Å². The summed E-state index contributed by atoms with van der Waals surface area (Å²) in [7, 11) is 3.86. The van der Waals surface area contributed by atoms with Gasteiger partial charge in [-0.1, -0.05) is 37.8 Å². The summed E-state index contributed by atoms with van der Waals surface area (Å²) in [5.74, 6) is 3.76. The van der Waals surface area contributed by atoms with Crippen molar-refractivity contribution in [1.82, 2.24) is 5.32 Å². The van der Waals surface area contributed by atoms with Crippen LogP contribution >= 0.6 is 0 Å². The van der Waals surface area contributed by atoms with Crippen LogP contribution in [-0.2, 0) is 0 Å². The molecule has 2 aliphatic rings. The fourth-order valence-corrected chi connectivity index (χ4v) is 4.72. The molecule has 0 spiro atoms. The van der Waals surface area contributed by atoms with Crippen LogP contribution in [0.15, 0.2) is 24.3 Å². The number of methoxy groups -OCH3 is 1. The summed E-state index contributed by atoms with van der Waals surface area (Å²) in [4.78, 5) is 0. The van der Waals surface area contributed by atoms with Crippen molar-refractivity contribution in [3.05, 3.63) is 29.8 Å². The van der Waals surface area contributed by atoms with E-state index in [1.54, 1.807) is 7.11 Å². The van der Waals surface area contributed by atoms with E-state index < -0.39 is 0 Å². The molecule has 116 valence electrons. The van der Waals surface area contributed by atoms with Crippen LogP contribution in [0.4, 0.5) is 0 Å². The standard InChI is InChI=1S/C19H29NO/c1-20-19(16-8-5-9-18(13-16)21-2)17-11-10-14-6-3-4-7-15(14)12-17/h5,8-9,13-15,17,19-20H,3-4,6-7,10-12H2,1-2H3. The fourth-order valence-electron chi connectivity index (χ4n) is 4.72. The largest absolute Gasteiger partial charge is 0.497 e. The minimum absolute atomic E-state index is 0.475. The molecule has 0 heterocycles. The maximum absolute atomic E-state index is 5.39. The summed E-state index contributed by atoms with van der Waals surface area (Å²) in [5, 5.41) is 3.58. The molecule has 0 saturated heterocycles. The first kappa shape index (κ1) is 14.9. The molecule has 0 aliphatic heterocycles. The third-order valence-corrected chi connectivity index (χ3v) is 5.82. The van der Waals surface area contributed by atoms with Gasteiger partial charge in [-0.3, -0.25) is 0 Å². The Kier molecular flexibility index (Phi) is 4.84. The zero-order chi connectivity index (χ0) is 14.7. The van der Waals surface area contributed by atoms with Crippen molar-refractivity contribution in [3.63, 3.8) is 0 Å². The highest BCUT2D eigenvalue weighted by atomic mass is 16.5. The van der Waals surface area contributed by atoms with E-state index in [2.05, 4.69) is 30.6 Å². The lowest BCUT2D eigenvalue weighted by Crippen LogP contribution is -2.34. The molecule has 4 atom stereocenters. The van der Waals surface area contributed by atoms with Gasteiger partial charge >= 0.3 is 0 Å². The molecule has 0 bridgehead atoms. The second-order valence-corrected chi connectivity index (χ2v) is 6.92. The van der Waals surface area contributed by atoms with Crippen LogP contribution in [0, 0.1) is 17.8 Å². The highest BCUT2D eigenvalue weighted by Crippen LogP contribution is 2.46. The molecule has 2 fully saturated rings. The minimum Gasteiger partial charge on any atom is -0.497 e. The summed E-state index contributed by atoms with van der Waals surface area (Å²) in [6.07, 6.45) is 10.1. The summed E-state index contributed by atoms with van der Waals surface area (Å²) in [5.41, 5.74) is 1.39. The molecule has 21 heavy (non-hydrogen) atoms. The maximum Gasteiger partial charge on any atom is 0.119 e. The molecule has 2 heteroatoms. The molecule has 1 aromatic rings. The zero-order valence-electron chi connectivity index (χ0n) is 13.5. The third kappa shape index (κ3) is 3.26. The first-order valence-corrected chi connectivity index (χ1v) is 8.63. The lowest BCUT2D eigenvalue weighted by atomic mass is 9.65. The maximum atomic E-state index is 5.39. The van der Waals surface area contributed by atoms with Crippen molar-refractivity contribution in [2.75, 3.05) is 14.2 Å². The van der Waals surface area contributed by atoms with Crippen molar-refractivity contribution in [2.24, 2.45) is 17.8 Å². The van der Waals surface area contributed by atoms with Gasteiger partial charge in [0.15, 0.2) is 0 Å². The van der Waals surface area contributed by atoms with Crippen molar-refractivity contribution in [1.29, 1.82) is 0 Å². The van der Waals surface area contributed by atoms with Crippen molar-refractivity contribution < 1.29 is 4.74 Å². The Morgan fingerprint density at radius 2 is 1.90 bits per heavy atom. The van der Waals surface area contributed by atoms with Gasteiger partial charge in [-0.2, -0.15) is 0 Å². The van der Waals surface area contributed by atoms with E-state index in [1.165, 1.54) is 50.5 Å². The van der Waals surface area contributed by atoms with E-state index >= 15 is 0 Å². The van der Waals surface area contributed by atoms with Gasteiger partial charge in [-0.25, -0.2) is 0 Å². The van der Waals surface area contributed by atoms with Gasteiger partial charge in [0.2, 0.25) is 0 Å². The van der Waals surface area contributed by atoms with E-state index in [0.29, 0.717) is 6.04 Å². The Balaban J connectivity index is 1.73. The SMILES string of the molecule is CNC(c1cccc(OC)c1)C1CCC2CCCCC2C1. The second kappa shape index (κ2) is 6.83. The molecule has 2 aliphatic carbocycles. The van der Waals surface area contributed by atoms with Crippen LogP contribution in [0.25, 0.3) is 0 Å². The van der Waals surface area contributed by atoms with Gasteiger partial charge < -0.3 is 10.1 Å². The van der Waals surface area contributed by atoms with Crippen molar-refractivity contribution >= 4 is 0 Å². The van der Waals surface area contributed by atoms with Gasteiger partial charge in [-0.05, 0) is 61.8 Å². The van der Waals surface area contributed by atoms with Gasteiger partial charge in [0, 0.05) is 6.04 Å². The average molecular weight is 287 g/mol. The molecule has 1 aromatic carbocycles. The van der Waals surface area contributed by atoms with E-state index in [9.17, 15) is 0 Å². The van der Waals surface area contributed by atoms with Crippen LogP contribution in [0.1, 0.15) is 56.6 Å². The van der Waals surface area contributed by atoms with Crippen molar-refractivity contribution in [3.8, 4) is 5.75 Å². The van der Waals surface area contributed by atoms with E-state index in [1.807, 2.05) is 6.07 Å². The van der Waals surface area contributed by atoms with Crippen LogP contribution < -0.4 is 10.1 Å². The molecule has 0 amide bonds. The predicted molar refractivity (Wildman–Crippen MR) is 87.6 cm³/mol. The molecular weight excluding hydrogens is 258 g/mol. The lowest BCUT2D eigenvalue weighted by Gasteiger charge is -2.42. The first-order chi connectivity index (χ1) is 10.3. The monoisotopic (exact) mass is 287 g/mol. The Morgan fingerprint density at radius 3 is 2.67 bits per heavy atom. The Hall–Kier alpha value is -1.02. The fraction of sp³-hybridized carbons (Fsp3) is 0.684.